The lowest BCUT2D eigenvalue weighted by atomic mass is 10.4. The van der Waals surface area contributed by atoms with Crippen LogP contribution in [-0.2, 0) is 18.4 Å². The summed E-state index contributed by atoms with van der Waals surface area (Å²) < 4.78 is 15.0. The first-order chi connectivity index (χ1) is 6.11. The molecule has 0 amide bonds. The highest BCUT2D eigenvalue weighted by atomic mass is 31.2. The van der Waals surface area contributed by atoms with Gasteiger partial charge in [0.1, 0.15) is 0 Å². The van der Waals surface area contributed by atoms with Crippen molar-refractivity contribution in [2.75, 3.05) is 13.2 Å². The monoisotopic (exact) mass is 206 g/mol. The molecule has 0 heterocycles. The molecule has 0 saturated carbocycles. The van der Waals surface area contributed by atoms with Crippen LogP contribution in [0.5, 0.6) is 0 Å². The van der Waals surface area contributed by atoms with E-state index in [1.54, 1.807) is 6.92 Å². The molecule has 0 bridgehead atoms. The van der Waals surface area contributed by atoms with Crippen molar-refractivity contribution in [3.8, 4) is 0 Å². The van der Waals surface area contributed by atoms with Gasteiger partial charge in [-0.25, -0.2) is 4.79 Å². The van der Waals surface area contributed by atoms with Crippen molar-refractivity contribution in [1.29, 1.82) is 0 Å². The molecule has 13 heavy (non-hydrogen) atoms. The number of carbonyl (C=O) groups excluding carboxylic acids is 1. The molecule has 4 nitrogen and oxygen atoms in total. The van der Waals surface area contributed by atoms with Gasteiger partial charge < -0.3 is 13.6 Å². The van der Waals surface area contributed by atoms with E-state index in [0.717, 1.165) is 0 Å². The van der Waals surface area contributed by atoms with Crippen LogP contribution >= 0.6 is 8.60 Å². The van der Waals surface area contributed by atoms with E-state index in [0.29, 0.717) is 18.8 Å². The normalized spacial score (nSPS) is 10.2. The molecular formula is C8H15O4P. The minimum atomic E-state index is -1.54. The summed E-state index contributed by atoms with van der Waals surface area (Å²) in [6.45, 7) is 9.55. The van der Waals surface area contributed by atoms with E-state index in [9.17, 15) is 4.79 Å². The summed E-state index contributed by atoms with van der Waals surface area (Å²) in [7, 11) is -1.54. The van der Waals surface area contributed by atoms with Gasteiger partial charge in [-0.05, 0) is 20.8 Å². The molecule has 0 unspecified atom stereocenters. The minimum absolute atomic E-state index is 0.340. The molecule has 0 aliphatic rings. The Morgan fingerprint density at radius 1 is 1.31 bits per heavy atom. The lowest BCUT2D eigenvalue weighted by Gasteiger charge is -2.13. The Hall–Kier alpha value is -0.440. The van der Waals surface area contributed by atoms with Crippen LogP contribution in [0.1, 0.15) is 20.8 Å². The Morgan fingerprint density at radius 2 is 1.77 bits per heavy atom. The predicted octanol–water partition coefficient (Wildman–Crippen LogP) is 2.41. The van der Waals surface area contributed by atoms with Crippen LogP contribution < -0.4 is 0 Å². The summed E-state index contributed by atoms with van der Waals surface area (Å²) in [6, 6.07) is 0. The zero-order valence-electron chi connectivity index (χ0n) is 8.20. The summed E-state index contributed by atoms with van der Waals surface area (Å²) in [5.41, 5.74) is 0.340. The van der Waals surface area contributed by atoms with Crippen LogP contribution in [0.2, 0.25) is 0 Å². The van der Waals surface area contributed by atoms with E-state index in [1.807, 2.05) is 13.8 Å². The SMILES string of the molecule is C=C(C)C(=O)OP(OCC)OCC. The van der Waals surface area contributed by atoms with Crippen LogP contribution in [0.15, 0.2) is 12.2 Å². The molecule has 0 aliphatic carbocycles. The summed E-state index contributed by atoms with van der Waals surface area (Å²) >= 11 is 0. The number of rotatable bonds is 6. The first kappa shape index (κ1) is 12.6. The molecule has 0 rings (SSSR count). The predicted molar refractivity (Wildman–Crippen MR) is 51.1 cm³/mol. The highest BCUT2D eigenvalue weighted by molar-refractivity contribution is 7.42. The van der Waals surface area contributed by atoms with Gasteiger partial charge in [-0.1, -0.05) is 6.58 Å². The van der Waals surface area contributed by atoms with Gasteiger partial charge in [-0.3, -0.25) is 0 Å². The Labute approximate surface area is 79.9 Å². The average molecular weight is 206 g/mol. The largest absolute Gasteiger partial charge is 0.399 e. The van der Waals surface area contributed by atoms with Gasteiger partial charge in [-0.2, -0.15) is 0 Å². The summed E-state index contributed by atoms with van der Waals surface area (Å²) in [4.78, 5) is 11.0. The Bertz CT molecular complexity index is 175. The molecule has 0 aromatic heterocycles. The van der Waals surface area contributed by atoms with Crippen molar-refractivity contribution in [3.05, 3.63) is 12.2 Å². The standard InChI is InChI=1S/C8H15O4P/c1-5-10-13(11-6-2)12-8(9)7(3)4/h3,5-6H2,1-2,4H3. The number of hydrogen-bond acceptors (Lipinski definition) is 4. The third-order valence-corrected chi connectivity index (χ3v) is 2.23. The molecule has 0 radical (unpaired) electrons. The van der Waals surface area contributed by atoms with Gasteiger partial charge >= 0.3 is 14.6 Å². The molecule has 0 saturated heterocycles. The van der Waals surface area contributed by atoms with Crippen molar-refractivity contribution in [3.63, 3.8) is 0 Å². The topological polar surface area (TPSA) is 44.8 Å². The Balaban J connectivity index is 3.93. The van der Waals surface area contributed by atoms with E-state index < -0.39 is 14.6 Å². The lowest BCUT2D eigenvalue weighted by Crippen LogP contribution is -2.04. The number of hydrogen-bond donors (Lipinski definition) is 0. The second kappa shape index (κ2) is 7.01. The first-order valence-electron chi connectivity index (χ1n) is 4.05. The van der Waals surface area contributed by atoms with Crippen molar-refractivity contribution in [2.24, 2.45) is 0 Å². The highest BCUT2D eigenvalue weighted by Gasteiger charge is 2.17. The van der Waals surface area contributed by atoms with Crippen LogP contribution in [0.25, 0.3) is 0 Å². The van der Waals surface area contributed by atoms with Crippen LogP contribution in [0, 0.1) is 0 Å². The minimum Gasteiger partial charge on any atom is -0.391 e. The molecule has 0 aromatic carbocycles. The van der Waals surface area contributed by atoms with E-state index in [4.69, 9.17) is 13.6 Å². The second-order valence-electron chi connectivity index (χ2n) is 2.22. The fourth-order valence-corrected chi connectivity index (χ4v) is 1.34. The number of carbonyl (C=O) groups is 1. The maximum absolute atomic E-state index is 11.0. The molecule has 0 aromatic rings. The first-order valence-corrected chi connectivity index (χ1v) is 5.15. The molecule has 5 heteroatoms. The van der Waals surface area contributed by atoms with E-state index in [-0.39, 0.29) is 0 Å². The summed E-state index contributed by atoms with van der Waals surface area (Å²) in [6.07, 6.45) is 0. The Kier molecular flexibility index (Phi) is 6.77. The molecular weight excluding hydrogens is 191 g/mol. The maximum atomic E-state index is 11.0. The smallest absolute Gasteiger partial charge is 0.391 e. The maximum Gasteiger partial charge on any atom is 0.399 e. The molecule has 0 atom stereocenters. The van der Waals surface area contributed by atoms with Gasteiger partial charge in [0.25, 0.3) is 0 Å². The summed E-state index contributed by atoms with van der Waals surface area (Å²) in [5, 5.41) is 0. The van der Waals surface area contributed by atoms with Crippen molar-refractivity contribution >= 4 is 14.6 Å². The molecule has 76 valence electrons. The summed E-state index contributed by atoms with van der Waals surface area (Å²) in [5.74, 6) is -0.479. The van der Waals surface area contributed by atoms with Gasteiger partial charge in [-0.15, -0.1) is 0 Å². The molecule has 0 aliphatic heterocycles. The molecule has 0 N–H and O–H groups in total. The van der Waals surface area contributed by atoms with E-state index >= 15 is 0 Å². The van der Waals surface area contributed by atoms with E-state index in [2.05, 4.69) is 6.58 Å². The van der Waals surface area contributed by atoms with Gasteiger partial charge in [0.05, 0.1) is 13.2 Å². The van der Waals surface area contributed by atoms with Crippen LogP contribution in [0.3, 0.4) is 0 Å². The Morgan fingerprint density at radius 3 is 2.08 bits per heavy atom. The third kappa shape index (κ3) is 5.75. The highest BCUT2D eigenvalue weighted by Crippen LogP contribution is 2.39. The van der Waals surface area contributed by atoms with Gasteiger partial charge in [0.15, 0.2) is 0 Å². The fourth-order valence-electron chi connectivity index (χ4n) is 0.446. The lowest BCUT2D eigenvalue weighted by molar-refractivity contribution is -0.131. The zero-order chi connectivity index (χ0) is 10.3. The zero-order valence-corrected chi connectivity index (χ0v) is 9.10. The van der Waals surface area contributed by atoms with Crippen molar-refractivity contribution in [1.82, 2.24) is 0 Å². The second-order valence-corrected chi connectivity index (χ2v) is 3.36. The average Bonchev–Trinajstić information content (AvgIpc) is 2.05. The molecule has 0 fully saturated rings. The van der Waals surface area contributed by atoms with Crippen LogP contribution in [-0.4, -0.2) is 19.2 Å². The van der Waals surface area contributed by atoms with E-state index in [1.165, 1.54) is 0 Å². The van der Waals surface area contributed by atoms with Crippen molar-refractivity contribution < 1.29 is 18.4 Å². The van der Waals surface area contributed by atoms with Crippen molar-refractivity contribution in [2.45, 2.75) is 20.8 Å². The molecule has 0 spiro atoms. The third-order valence-electron chi connectivity index (χ3n) is 0.975. The van der Waals surface area contributed by atoms with Crippen LogP contribution in [0.4, 0.5) is 0 Å². The quantitative estimate of drug-likeness (QED) is 0.494. The fraction of sp³-hybridized carbons (Fsp3) is 0.625. The van der Waals surface area contributed by atoms with Gasteiger partial charge in [0, 0.05) is 5.57 Å². The van der Waals surface area contributed by atoms with Gasteiger partial charge in [0.2, 0.25) is 0 Å².